The van der Waals surface area contributed by atoms with Crippen LogP contribution in [-0.2, 0) is 10.2 Å². The lowest BCUT2D eigenvalue weighted by molar-refractivity contribution is 0.550. The minimum absolute atomic E-state index is 0.151. The monoisotopic (exact) mass is 334 g/mol. The largest absolute Gasteiger partial charge is 0.334 e. The average molecular weight is 336 g/mol. The normalized spacial score (nSPS) is 11.7. The third-order valence-electron chi connectivity index (χ3n) is 1.21. The topological polar surface area (TPSA) is 34.1 Å². The fourth-order valence-corrected chi connectivity index (χ4v) is 3.64. The van der Waals surface area contributed by atoms with Crippen molar-refractivity contribution in [3.05, 3.63) is 26.9 Å². The van der Waals surface area contributed by atoms with Crippen LogP contribution < -0.4 is 0 Å². The molecule has 1 rings (SSSR count). The molecule has 13 heavy (non-hydrogen) atoms. The maximum atomic E-state index is 12.6. The average Bonchev–Trinajstić information content (AvgIpc) is 1.78. The first-order valence-electron chi connectivity index (χ1n) is 2.91. The number of halogens is 4. The van der Waals surface area contributed by atoms with Gasteiger partial charge in [-0.3, -0.25) is 0 Å². The predicted octanol–water partition coefficient (Wildman–Crippen LogP) is 3.01. The summed E-state index contributed by atoms with van der Waals surface area (Å²) in [5.74, 6) is -0.661. The second-order valence-electron chi connectivity index (χ2n) is 2.14. The van der Waals surface area contributed by atoms with Gasteiger partial charge in [-0.15, -0.1) is 3.89 Å². The Morgan fingerprint density at radius 2 is 1.54 bits per heavy atom. The SMILES string of the molecule is O=S(=O)(F)c1c(Br)cc(F)cc1Br. The lowest BCUT2D eigenvalue weighted by Gasteiger charge is -2.01. The molecule has 0 bridgehead atoms. The molecule has 0 aliphatic rings. The Labute approximate surface area is 90.4 Å². The molecule has 1 aromatic rings. The van der Waals surface area contributed by atoms with Gasteiger partial charge in [0.1, 0.15) is 10.7 Å². The Morgan fingerprint density at radius 3 is 1.85 bits per heavy atom. The molecule has 0 aliphatic heterocycles. The van der Waals surface area contributed by atoms with Crippen LogP contribution in [0.4, 0.5) is 8.28 Å². The van der Waals surface area contributed by atoms with E-state index < -0.39 is 20.9 Å². The van der Waals surface area contributed by atoms with Crippen LogP contribution in [-0.4, -0.2) is 8.42 Å². The molecule has 0 spiro atoms. The lowest BCUT2D eigenvalue weighted by atomic mass is 10.3. The van der Waals surface area contributed by atoms with Crippen molar-refractivity contribution in [3.8, 4) is 0 Å². The molecule has 72 valence electrons. The zero-order valence-corrected chi connectivity index (χ0v) is 9.88. The van der Waals surface area contributed by atoms with Crippen molar-refractivity contribution in [3.63, 3.8) is 0 Å². The Balaban J connectivity index is 3.57. The minimum Gasteiger partial charge on any atom is -0.207 e. The first-order chi connectivity index (χ1) is 5.82. The highest BCUT2D eigenvalue weighted by Crippen LogP contribution is 2.31. The van der Waals surface area contributed by atoms with Gasteiger partial charge >= 0.3 is 10.2 Å². The summed E-state index contributed by atoms with van der Waals surface area (Å²) in [6.45, 7) is 0. The summed E-state index contributed by atoms with van der Waals surface area (Å²) in [5.41, 5.74) is 0. The third kappa shape index (κ3) is 2.47. The van der Waals surface area contributed by atoms with Crippen molar-refractivity contribution in [1.82, 2.24) is 0 Å². The molecule has 0 radical (unpaired) electrons. The van der Waals surface area contributed by atoms with E-state index in [0.29, 0.717) is 0 Å². The maximum absolute atomic E-state index is 12.6. The highest BCUT2D eigenvalue weighted by molar-refractivity contribution is 9.11. The second-order valence-corrected chi connectivity index (χ2v) is 5.13. The van der Waals surface area contributed by atoms with Crippen molar-refractivity contribution < 1.29 is 16.7 Å². The standard InChI is InChI=1S/C6H2Br2F2O2S/c7-4-1-3(9)2-5(8)6(4)13(10,11)12/h1-2H. The second kappa shape index (κ2) is 3.62. The molecule has 0 amide bonds. The van der Waals surface area contributed by atoms with Crippen LogP contribution in [0.3, 0.4) is 0 Å². The van der Waals surface area contributed by atoms with Crippen LogP contribution in [0, 0.1) is 5.82 Å². The van der Waals surface area contributed by atoms with Crippen LogP contribution in [0.2, 0.25) is 0 Å². The summed E-state index contributed by atoms with van der Waals surface area (Å²) in [6.07, 6.45) is 0. The van der Waals surface area contributed by atoms with Crippen LogP contribution in [0.15, 0.2) is 26.0 Å². The van der Waals surface area contributed by atoms with Gasteiger partial charge in [-0.2, -0.15) is 8.42 Å². The maximum Gasteiger partial charge on any atom is 0.334 e. The Bertz CT molecular complexity index is 421. The van der Waals surface area contributed by atoms with Crippen LogP contribution in [0.5, 0.6) is 0 Å². The lowest BCUT2D eigenvalue weighted by Crippen LogP contribution is -1.95. The fourth-order valence-electron chi connectivity index (χ4n) is 0.762. The summed E-state index contributed by atoms with van der Waals surface area (Å²) in [7, 11) is -4.84. The molecule has 0 heterocycles. The smallest absolute Gasteiger partial charge is 0.207 e. The molecule has 0 saturated carbocycles. The third-order valence-corrected chi connectivity index (χ3v) is 3.91. The minimum atomic E-state index is -4.84. The molecule has 0 unspecified atom stereocenters. The van der Waals surface area contributed by atoms with E-state index >= 15 is 0 Å². The summed E-state index contributed by atoms with van der Waals surface area (Å²) in [4.78, 5) is -0.603. The van der Waals surface area contributed by atoms with E-state index in [9.17, 15) is 16.7 Å². The fraction of sp³-hybridized carbons (Fsp3) is 0. The summed E-state index contributed by atoms with van der Waals surface area (Å²) >= 11 is 5.49. The summed E-state index contributed by atoms with van der Waals surface area (Å²) < 4.78 is 46.0. The number of hydrogen-bond acceptors (Lipinski definition) is 2. The van der Waals surface area contributed by atoms with E-state index in [4.69, 9.17) is 0 Å². The molecule has 0 saturated heterocycles. The number of hydrogen-bond donors (Lipinski definition) is 0. The van der Waals surface area contributed by atoms with Gasteiger partial charge in [0.05, 0.1) is 0 Å². The van der Waals surface area contributed by atoms with E-state index in [2.05, 4.69) is 31.9 Å². The van der Waals surface area contributed by atoms with Gasteiger partial charge in [-0.25, -0.2) is 4.39 Å². The summed E-state index contributed by atoms with van der Waals surface area (Å²) in [5, 5.41) is 0. The van der Waals surface area contributed by atoms with Gasteiger partial charge in [0, 0.05) is 8.95 Å². The van der Waals surface area contributed by atoms with Crippen molar-refractivity contribution in [1.29, 1.82) is 0 Å². The molecule has 0 atom stereocenters. The zero-order chi connectivity index (χ0) is 10.2. The zero-order valence-electron chi connectivity index (χ0n) is 5.89. The van der Waals surface area contributed by atoms with Crippen LogP contribution in [0.25, 0.3) is 0 Å². The van der Waals surface area contributed by atoms with Gasteiger partial charge in [0.25, 0.3) is 0 Å². The quantitative estimate of drug-likeness (QED) is 0.739. The van der Waals surface area contributed by atoms with Crippen molar-refractivity contribution in [2.24, 2.45) is 0 Å². The molecule has 0 fully saturated rings. The Hall–Kier alpha value is -0.0100. The molecule has 1 aromatic carbocycles. The molecule has 0 aliphatic carbocycles. The van der Waals surface area contributed by atoms with Crippen molar-refractivity contribution >= 4 is 42.1 Å². The van der Waals surface area contributed by atoms with E-state index in [-0.39, 0.29) is 8.95 Å². The van der Waals surface area contributed by atoms with Gasteiger partial charge in [-0.05, 0) is 44.0 Å². The van der Waals surface area contributed by atoms with E-state index in [0.717, 1.165) is 12.1 Å². The molecule has 0 N–H and O–H groups in total. The van der Waals surface area contributed by atoms with Gasteiger partial charge < -0.3 is 0 Å². The highest BCUT2D eigenvalue weighted by Gasteiger charge is 2.20. The van der Waals surface area contributed by atoms with Gasteiger partial charge in [0.15, 0.2) is 0 Å². The van der Waals surface area contributed by atoms with E-state index in [1.165, 1.54) is 0 Å². The van der Waals surface area contributed by atoms with Crippen LogP contribution >= 0.6 is 31.9 Å². The molecular weight excluding hydrogens is 334 g/mol. The van der Waals surface area contributed by atoms with E-state index in [1.54, 1.807) is 0 Å². The summed E-state index contributed by atoms with van der Waals surface area (Å²) in [6, 6.07) is 1.74. The molecular formula is C6H2Br2F2O2S. The Morgan fingerprint density at radius 1 is 1.15 bits per heavy atom. The number of rotatable bonds is 1. The van der Waals surface area contributed by atoms with Crippen molar-refractivity contribution in [2.45, 2.75) is 4.90 Å². The molecule has 0 aromatic heterocycles. The predicted molar refractivity (Wildman–Crippen MR) is 50.1 cm³/mol. The molecule has 7 heteroatoms. The van der Waals surface area contributed by atoms with Gasteiger partial charge in [-0.1, -0.05) is 0 Å². The van der Waals surface area contributed by atoms with Crippen molar-refractivity contribution in [2.75, 3.05) is 0 Å². The van der Waals surface area contributed by atoms with Crippen LogP contribution in [0.1, 0.15) is 0 Å². The number of benzene rings is 1. The van der Waals surface area contributed by atoms with Gasteiger partial charge in [0.2, 0.25) is 0 Å². The first-order valence-corrected chi connectivity index (χ1v) is 5.88. The van der Waals surface area contributed by atoms with E-state index in [1.807, 2.05) is 0 Å². The highest BCUT2D eigenvalue weighted by atomic mass is 79.9. The molecule has 2 nitrogen and oxygen atoms in total. The first kappa shape index (κ1) is 11.1. The Kier molecular flexibility index (Phi) is 3.09.